The van der Waals surface area contributed by atoms with Crippen LogP contribution in [-0.2, 0) is 16.3 Å². The molecule has 0 radical (unpaired) electrons. The van der Waals surface area contributed by atoms with Crippen LogP contribution in [0.1, 0.15) is 38.4 Å². The lowest BCUT2D eigenvalue weighted by molar-refractivity contribution is -0.117. The van der Waals surface area contributed by atoms with Gasteiger partial charge in [0.25, 0.3) is 0 Å². The number of carbonyl (C=O) groups excluding carboxylic acids is 1. The molecule has 0 saturated heterocycles. The minimum atomic E-state index is -0.0299. The zero-order valence-electron chi connectivity index (χ0n) is 15.9. The Bertz CT molecular complexity index is 716. The number of carbonyl (C=O) groups is 1. The van der Waals surface area contributed by atoms with E-state index in [1.165, 1.54) is 11.3 Å². The van der Waals surface area contributed by atoms with E-state index in [1.54, 1.807) is 26.0 Å². The first-order chi connectivity index (χ1) is 12.3. The molecule has 142 valence electrons. The molecule has 0 aliphatic rings. The van der Waals surface area contributed by atoms with Gasteiger partial charge in [-0.1, -0.05) is 20.8 Å². The summed E-state index contributed by atoms with van der Waals surface area (Å²) in [5, 5.41) is 5.54. The van der Waals surface area contributed by atoms with Gasteiger partial charge in [0.2, 0.25) is 5.91 Å². The molecule has 2 rings (SSSR count). The number of anilines is 1. The van der Waals surface area contributed by atoms with Gasteiger partial charge in [0.05, 0.1) is 19.9 Å². The number of thiazole rings is 1. The molecule has 2 aromatic rings. The van der Waals surface area contributed by atoms with E-state index in [2.05, 4.69) is 10.3 Å². The third-order valence-electron chi connectivity index (χ3n) is 3.42. The molecule has 1 aromatic carbocycles. The second-order valence-corrected chi connectivity index (χ2v) is 8.99. The molecule has 1 N–H and O–H groups in total. The van der Waals surface area contributed by atoms with Crippen molar-refractivity contribution in [2.75, 3.05) is 19.5 Å². The number of thioether (sulfide) groups is 1. The molecule has 1 heterocycles. The lowest BCUT2D eigenvalue weighted by atomic mass is 9.92. The summed E-state index contributed by atoms with van der Waals surface area (Å²) < 4.78 is 10.6. The van der Waals surface area contributed by atoms with Gasteiger partial charge in [-0.25, -0.2) is 4.98 Å². The fourth-order valence-corrected chi connectivity index (χ4v) is 3.99. The van der Waals surface area contributed by atoms with Gasteiger partial charge in [-0.15, -0.1) is 11.3 Å². The average Bonchev–Trinajstić information content (AvgIpc) is 2.99. The van der Waals surface area contributed by atoms with Gasteiger partial charge in [0.15, 0.2) is 5.13 Å². The van der Waals surface area contributed by atoms with E-state index in [0.29, 0.717) is 11.6 Å². The van der Waals surface area contributed by atoms with Crippen LogP contribution in [0.25, 0.3) is 0 Å². The quantitative estimate of drug-likeness (QED) is 0.685. The van der Waals surface area contributed by atoms with Crippen LogP contribution in [0.5, 0.6) is 11.5 Å². The van der Waals surface area contributed by atoms with E-state index in [1.807, 2.05) is 44.4 Å². The van der Waals surface area contributed by atoms with Crippen LogP contribution in [0.2, 0.25) is 0 Å². The van der Waals surface area contributed by atoms with Crippen LogP contribution < -0.4 is 14.8 Å². The van der Waals surface area contributed by atoms with Crippen molar-refractivity contribution < 1.29 is 14.3 Å². The summed E-state index contributed by atoms with van der Waals surface area (Å²) >= 11 is 3.23. The summed E-state index contributed by atoms with van der Waals surface area (Å²) in [6.45, 7) is 6.14. The smallest absolute Gasteiger partial charge is 0.226 e. The molecule has 0 aliphatic carbocycles. The van der Waals surface area contributed by atoms with Gasteiger partial charge < -0.3 is 14.8 Å². The maximum absolute atomic E-state index is 12.0. The van der Waals surface area contributed by atoms with E-state index < -0.39 is 0 Å². The molecular formula is C19H26N2O3S2. The highest BCUT2D eigenvalue weighted by Gasteiger charge is 2.17. The van der Waals surface area contributed by atoms with Crippen molar-refractivity contribution >= 4 is 34.1 Å². The van der Waals surface area contributed by atoms with Gasteiger partial charge in [-0.3, -0.25) is 4.79 Å². The van der Waals surface area contributed by atoms with Crippen LogP contribution in [0, 0.1) is 5.41 Å². The molecule has 7 heteroatoms. The Labute approximate surface area is 163 Å². The number of benzene rings is 1. The van der Waals surface area contributed by atoms with Crippen molar-refractivity contribution in [3.8, 4) is 11.5 Å². The highest BCUT2D eigenvalue weighted by molar-refractivity contribution is 7.97. The van der Waals surface area contributed by atoms with Crippen LogP contribution in [0.15, 0.2) is 23.6 Å². The number of hydrogen-bond acceptors (Lipinski definition) is 6. The van der Waals surface area contributed by atoms with E-state index in [9.17, 15) is 4.79 Å². The molecule has 0 spiro atoms. The van der Waals surface area contributed by atoms with Crippen LogP contribution in [-0.4, -0.2) is 25.1 Å². The standard InChI is InChI=1S/C19H26N2O3S2/c1-19(2,3)9-17(22)21-18-20-14(12-26-18)11-25-10-13-6-15(23-4)8-16(7-13)24-5/h6-8,12H,9-11H2,1-5H3,(H,20,21,22). The predicted octanol–water partition coefficient (Wildman–Crippen LogP) is 4.97. The summed E-state index contributed by atoms with van der Waals surface area (Å²) in [6, 6.07) is 5.88. The van der Waals surface area contributed by atoms with Crippen molar-refractivity contribution in [1.29, 1.82) is 0 Å². The summed E-state index contributed by atoms with van der Waals surface area (Å²) in [4.78, 5) is 16.5. The second kappa shape index (κ2) is 9.28. The summed E-state index contributed by atoms with van der Waals surface area (Å²) in [7, 11) is 3.30. The van der Waals surface area contributed by atoms with Crippen molar-refractivity contribution in [3.05, 3.63) is 34.8 Å². The number of ether oxygens (including phenoxy) is 2. The molecule has 0 atom stereocenters. The Morgan fingerprint density at radius 3 is 2.38 bits per heavy atom. The number of amides is 1. The normalized spacial score (nSPS) is 11.3. The Balaban J connectivity index is 1.85. The first-order valence-corrected chi connectivity index (χ1v) is 10.4. The topological polar surface area (TPSA) is 60.5 Å². The Kier molecular flexibility index (Phi) is 7.34. The Morgan fingerprint density at radius 2 is 1.81 bits per heavy atom. The number of methoxy groups -OCH3 is 2. The highest BCUT2D eigenvalue weighted by Crippen LogP contribution is 2.27. The molecule has 0 unspecified atom stereocenters. The molecule has 5 nitrogen and oxygen atoms in total. The van der Waals surface area contributed by atoms with Gasteiger partial charge in [-0.05, 0) is 23.1 Å². The Morgan fingerprint density at radius 1 is 1.15 bits per heavy atom. The first-order valence-electron chi connectivity index (χ1n) is 8.33. The summed E-state index contributed by atoms with van der Waals surface area (Å²) in [5.41, 5.74) is 2.08. The predicted molar refractivity (Wildman–Crippen MR) is 109 cm³/mol. The number of rotatable bonds is 8. The van der Waals surface area contributed by atoms with Crippen LogP contribution in [0.4, 0.5) is 5.13 Å². The van der Waals surface area contributed by atoms with Crippen molar-refractivity contribution in [3.63, 3.8) is 0 Å². The van der Waals surface area contributed by atoms with Crippen molar-refractivity contribution in [1.82, 2.24) is 4.98 Å². The third-order valence-corrected chi connectivity index (χ3v) is 5.26. The summed E-state index contributed by atoms with van der Waals surface area (Å²) in [6.07, 6.45) is 0.480. The Hall–Kier alpha value is -1.73. The number of hydrogen-bond donors (Lipinski definition) is 1. The van der Waals surface area contributed by atoms with E-state index >= 15 is 0 Å². The highest BCUT2D eigenvalue weighted by atomic mass is 32.2. The molecule has 1 aromatic heterocycles. The second-order valence-electron chi connectivity index (χ2n) is 7.14. The summed E-state index contributed by atoms with van der Waals surface area (Å²) in [5.74, 6) is 3.20. The van der Waals surface area contributed by atoms with Crippen molar-refractivity contribution in [2.24, 2.45) is 5.41 Å². The van der Waals surface area contributed by atoms with Crippen LogP contribution >= 0.6 is 23.1 Å². The molecule has 26 heavy (non-hydrogen) atoms. The van der Waals surface area contributed by atoms with Crippen molar-refractivity contribution in [2.45, 2.75) is 38.7 Å². The zero-order valence-corrected chi connectivity index (χ0v) is 17.6. The van der Waals surface area contributed by atoms with Gasteiger partial charge in [0.1, 0.15) is 11.5 Å². The van der Waals surface area contributed by atoms with E-state index in [0.717, 1.165) is 34.3 Å². The number of nitrogens with one attached hydrogen (secondary N) is 1. The van der Waals surface area contributed by atoms with Crippen LogP contribution in [0.3, 0.4) is 0 Å². The van der Waals surface area contributed by atoms with E-state index in [4.69, 9.17) is 9.47 Å². The lowest BCUT2D eigenvalue weighted by Gasteiger charge is -2.16. The van der Waals surface area contributed by atoms with Gasteiger partial charge in [-0.2, -0.15) is 11.8 Å². The number of aromatic nitrogens is 1. The minimum absolute atomic E-state index is 0.00882. The molecule has 0 bridgehead atoms. The molecule has 0 saturated carbocycles. The lowest BCUT2D eigenvalue weighted by Crippen LogP contribution is -2.19. The largest absolute Gasteiger partial charge is 0.497 e. The minimum Gasteiger partial charge on any atom is -0.497 e. The fraction of sp³-hybridized carbons (Fsp3) is 0.474. The first kappa shape index (κ1) is 20.6. The third kappa shape index (κ3) is 6.88. The number of nitrogens with zero attached hydrogens (tertiary/aromatic N) is 1. The zero-order chi connectivity index (χ0) is 19.2. The maximum atomic E-state index is 12.0. The molecule has 0 aliphatic heterocycles. The maximum Gasteiger partial charge on any atom is 0.226 e. The molecular weight excluding hydrogens is 368 g/mol. The fourth-order valence-electron chi connectivity index (χ4n) is 2.30. The average molecular weight is 395 g/mol. The SMILES string of the molecule is COc1cc(CSCc2csc(NC(=O)CC(C)(C)C)n2)cc(OC)c1. The van der Waals surface area contributed by atoms with Gasteiger partial charge >= 0.3 is 0 Å². The molecule has 0 fully saturated rings. The van der Waals surface area contributed by atoms with Gasteiger partial charge in [0, 0.05) is 29.4 Å². The molecule has 1 amide bonds. The monoisotopic (exact) mass is 394 g/mol. The van der Waals surface area contributed by atoms with E-state index in [-0.39, 0.29) is 11.3 Å².